The highest BCUT2D eigenvalue weighted by molar-refractivity contribution is 7.17. The monoisotopic (exact) mass is 502 g/mol. The van der Waals surface area contributed by atoms with Gasteiger partial charge >= 0.3 is 0 Å². The molecule has 3 amide bonds. The summed E-state index contributed by atoms with van der Waals surface area (Å²) < 4.78 is 13.2. The first-order valence-electron chi connectivity index (χ1n) is 10.7. The number of aromatic amines is 2. The van der Waals surface area contributed by atoms with Crippen molar-refractivity contribution in [3.8, 4) is 10.4 Å². The van der Waals surface area contributed by atoms with Crippen molar-refractivity contribution >= 4 is 51.5 Å². The number of rotatable bonds is 6. The molecule has 0 aliphatic carbocycles. The Balaban J connectivity index is 1.44. The normalized spacial score (nSPS) is 10.9. The van der Waals surface area contributed by atoms with Crippen molar-refractivity contribution in [2.45, 2.75) is 0 Å². The lowest BCUT2D eigenvalue weighted by atomic mass is 10.1. The van der Waals surface area contributed by atoms with Crippen LogP contribution in [0.25, 0.3) is 21.3 Å². The number of thiophene rings is 1. The molecule has 2 aromatic carbocycles. The smallest absolute Gasteiger partial charge is 0.266 e. The third-order valence-corrected chi connectivity index (χ3v) is 6.80. The second kappa shape index (κ2) is 9.12. The van der Waals surface area contributed by atoms with Crippen LogP contribution < -0.4 is 16.0 Å². The number of primary amides is 1. The summed E-state index contributed by atoms with van der Waals surface area (Å²) in [6, 6.07) is 13.7. The van der Waals surface area contributed by atoms with Crippen LogP contribution in [0.3, 0.4) is 0 Å². The minimum absolute atomic E-state index is 0.129. The summed E-state index contributed by atoms with van der Waals surface area (Å²) in [6.45, 7) is 0. The minimum atomic E-state index is -0.717. The number of H-pyrrole nitrogens is 2. The SMILES string of the molecule is CN(C(=O)c1ccc(F)cc1)c1ccc2c(C(N)=O)c(NC(=O)c3ccc(-c4cn[nH]c4)s3)[nH]c2c1. The molecule has 0 spiro atoms. The van der Waals surface area contributed by atoms with Crippen LogP contribution in [0.2, 0.25) is 0 Å². The Morgan fingerprint density at radius 1 is 1.08 bits per heavy atom. The molecule has 0 saturated carbocycles. The van der Waals surface area contributed by atoms with Gasteiger partial charge in [-0.3, -0.25) is 19.5 Å². The van der Waals surface area contributed by atoms with E-state index in [2.05, 4.69) is 20.5 Å². The molecule has 0 bridgehead atoms. The Morgan fingerprint density at radius 2 is 1.86 bits per heavy atom. The molecule has 180 valence electrons. The van der Waals surface area contributed by atoms with Gasteiger partial charge in [0.25, 0.3) is 17.7 Å². The molecule has 0 radical (unpaired) electrons. The fraction of sp³-hybridized carbons (Fsp3) is 0.0400. The topological polar surface area (TPSA) is 137 Å². The molecule has 9 nitrogen and oxygen atoms in total. The van der Waals surface area contributed by atoms with Gasteiger partial charge in [0.05, 0.1) is 16.6 Å². The number of carbonyl (C=O) groups is 3. The summed E-state index contributed by atoms with van der Waals surface area (Å²) in [5.41, 5.74) is 7.96. The summed E-state index contributed by atoms with van der Waals surface area (Å²) in [6.07, 6.45) is 3.39. The zero-order chi connectivity index (χ0) is 25.4. The average molecular weight is 503 g/mol. The summed E-state index contributed by atoms with van der Waals surface area (Å²) in [5.74, 6) is -1.74. The molecule has 0 saturated heterocycles. The molecule has 0 atom stereocenters. The van der Waals surface area contributed by atoms with Gasteiger partial charge in [0.1, 0.15) is 11.6 Å². The van der Waals surface area contributed by atoms with Crippen LogP contribution in [0, 0.1) is 5.82 Å². The summed E-state index contributed by atoms with van der Waals surface area (Å²) in [7, 11) is 1.59. The molecular weight excluding hydrogens is 483 g/mol. The molecule has 5 rings (SSSR count). The molecule has 0 unspecified atom stereocenters. The molecule has 11 heteroatoms. The molecule has 0 fully saturated rings. The molecule has 0 aliphatic rings. The number of nitrogens with two attached hydrogens (primary N) is 1. The predicted octanol–water partition coefficient (Wildman–Crippen LogP) is 4.39. The molecule has 3 aromatic heterocycles. The lowest BCUT2D eigenvalue weighted by molar-refractivity contribution is 0.0987. The van der Waals surface area contributed by atoms with Gasteiger partial charge in [0.2, 0.25) is 0 Å². The first-order valence-corrected chi connectivity index (χ1v) is 11.5. The number of halogens is 1. The van der Waals surface area contributed by atoms with E-state index in [1.54, 1.807) is 43.7 Å². The zero-order valence-electron chi connectivity index (χ0n) is 18.8. The Labute approximate surface area is 207 Å². The number of hydrogen-bond donors (Lipinski definition) is 4. The van der Waals surface area contributed by atoms with Crippen molar-refractivity contribution < 1.29 is 18.8 Å². The Kier molecular flexibility index (Phi) is 5.82. The molecule has 5 aromatic rings. The number of nitrogens with one attached hydrogen (secondary N) is 3. The molecule has 3 heterocycles. The number of hydrogen-bond acceptors (Lipinski definition) is 5. The van der Waals surface area contributed by atoms with Gasteiger partial charge in [-0.25, -0.2) is 4.39 Å². The van der Waals surface area contributed by atoms with E-state index in [4.69, 9.17) is 5.73 Å². The largest absolute Gasteiger partial charge is 0.365 e. The van der Waals surface area contributed by atoms with Crippen LogP contribution in [0.1, 0.15) is 30.4 Å². The van der Waals surface area contributed by atoms with Crippen LogP contribution >= 0.6 is 11.3 Å². The maximum absolute atomic E-state index is 13.2. The van der Waals surface area contributed by atoms with Gasteiger partial charge < -0.3 is 20.9 Å². The van der Waals surface area contributed by atoms with Crippen LogP contribution in [0.15, 0.2) is 67.0 Å². The van der Waals surface area contributed by atoms with Crippen molar-refractivity contribution in [2.75, 3.05) is 17.3 Å². The van der Waals surface area contributed by atoms with Gasteiger partial charge in [-0.05, 0) is 54.6 Å². The first-order chi connectivity index (χ1) is 17.3. The van der Waals surface area contributed by atoms with Crippen LogP contribution in [0.5, 0.6) is 0 Å². The molecule has 0 aliphatic heterocycles. The van der Waals surface area contributed by atoms with Gasteiger partial charge in [-0.1, -0.05) is 0 Å². The first kappa shape index (κ1) is 23.0. The highest BCUT2D eigenvalue weighted by Crippen LogP contribution is 2.32. The van der Waals surface area contributed by atoms with Crippen molar-refractivity contribution in [3.63, 3.8) is 0 Å². The second-order valence-electron chi connectivity index (χ2n) is 7.95. The fourth-order valence-corrected chi connectivity index (χ4v) is 4.71. The van der Waals surface area contributed by atoms with E-state index in [1.807, 2.05) is 6.07 Å². The third kappa shape index (κ3) is 4.23. The number of fused-ring (bicyclic) bond motifs is 1. The van der Waals surface area contributed by atoms with E-state index in [9.17, 15) is 18.8 Å². The number of aromatic nitrogens is 3. The number of anilines is 2. The van der Waals surface area contributed by atoms with E-state index in [-0.39, 0.29) is 17.3 Å². The van der Waals surface area contributed by atoms with Crippen LogP contribution in [0.4, 0.5) is 15.9 Å². The summed E-state index contributed by atoms with van der Waals surface area (Å²) in [5, 5.41) is 9.87. The summed E-state index contributed by atoms with van der Waals surface area (Å²) in [4.78, 5) is 43.7. The van der Waals surface area contributed by atoms with E-state index >= 15 is 0 Å². The van der Waals surface area contributed by atoms with E-state index in [0.717, 1.165) is 10.4 Å². The maximum atomic E-state index is 13.2. The minimum Gasteiger partial charge on any atom is -0.365 e. The molecular formula is C25H19FN6O3S. The van der Waals surface area contributed by atoms with E-state index in [0.29, 0.717) is 27.0 Å². The summed E-state index contributed by atoms with van der Waals surface area (Å²) >= 11 is 1.28. The Hall–Kier alpha value is -4.77. The number of nitrogens with zero attached hydrogens (tertiary/aromatic N) is 2. The quantitative estimate of drug-likeness (QED) is 0.274. The lowest BCUT2D eigenvalue weighted by Gasteiger charge is -2.17. The number of amides is 3. The van der Waals surface area contributed by atoms with Crippen molar-refractivity contribution in [3.05, 3.63) is 88.8 Å². The van der Waals surface area contributed by atoms with Crippen molar-refractivity contribution in [1.29, 1.82) is 0 Å². The lowest BCUT2D eigenvalue weighted by Crippen LogP contribution is -2.26. The predicted molar refractivity (Wildman–Crippen MR) is 136 cm³/mol. The average Bonchev–Trinajstić information content (AvgIpc) is 3.62. The van der Waals surface area contributed by atoms with Crippen LogP contribution in [-0.2, 0) is 0 Å². The highest BCUT2D eigenvalue weighted by Gasteiger charge is 2.21. The maximum Gasteiger partial charge on any atom is 0.266 e. The van der Waals surface area contributed by atoms with Gasteiger partial charge in [0, 0.05) is 45.8 Å². The van der Waals surface area contributed by atoms with Gasteiger partial charge in [-0.15, -0.1) is 11.3 Å². The molecule has 36 heavy (non-hydrogen) atoms. The fourth-order valence-electron chi connectivity index (χ4n) is 3.82. The van der Waals surface area contributed by atoms with E-state index in [1.165, 1.54) is 40.5 Å². The standard InChI is InChI=1S/C25H19FN6O3S/c1-32(25(35)13-2-4-15(26)5-3-13)16-6-7-17-18(10-16)30-23(21(17)22(27)33)31-24(34)20-9-8-19(36-20)14-11-28-29-12-14/h2-12,30H,1H3,(H2,27,33)(H,28,29)(H,31,34). The Morgan fingerprint density at radius 3 is 2.56 bits per heavy atom. The van der Waals surface area contributed by atoms with Crippen molar-refractivity contribution in [2.24, 2.45) is 5.73 Å². The Bertz CT molecular complexity index is 1600. The third-order valence-electron chi connectivity index (χ3n) is 5.66. The molecule has 5 N–H and O–H groups in total. The van der Waals surface area contributed by atoms with E-state index < -0.39 is 17.6 Å². The number of benzene rings is 2. The van der Waals surface area contributed by atoms with Gasteiger partial charge in [0.15, 0.2) is 0 Å². The van der Waals surface area contributed by atoms with Gasteiger partial charge in [-0.2, -0.15) is 5.10 Å². The highest BCUT2D eigenvalue weighted by atomic mass is 32.1. The zero-order valence-corrected chi connectivity index (χ0v) is 19.7. The second-order valence-corrected chi connectivity index (χ2v) is 9.03. The van der Waals surface area contributed by atoms with Crippen LogP contribution in [-0.4, -0.2) is 40.0 Å². The van der Waals surface area contributed by atoms with Crippen molar-refractivity contribution in [1.82, 2.24) is 15.2 Å². The number of carbonyl (C=O) groups excluding carboxylic acids is 3.